The highest BCUT2D eigenvalue weighted by molar-refractivity contribution is 14.0. The van der Waals surface area contributed by atoms with Crippen LogP contribution in [0, 0.1) is 0 Å². The average Bonchev–Trinajstić information content (AvgIpc) is 2.65. The van der Waals surface area contributed by atoms with Crippen molar-refractivity contribution >= 4 is 29.9 Å². The summed E-state index contributed by atoms with van der Waals surface area (Å²) in [5, 5.41) is 13.0. The zero-order valence-corrected chi connectivity index (χ0v) is 19.1. The van der Waals surface area contributed by atoms with Crippen LogP contribution >= 0.6 is 24.0 Å². The zero-order valence-electron chi connectivity index (χ0n) is 16.7. The molecule has 1 aromatic carbocycles. The highest BCUT2D eigenvalue weighted by atomic mass is 127. The van der Waals surface area contributed by atoms with Gasteiger partial charge in [0.05, 0.1) is 6.10 Å². The normalized spacial score (nSPS) is 15.9. The van der Waals surface area contributed by atoms with E-state index in [2.05, 4.69) is 58.0 Å². The fourth-order valence-corrected chi connectivity index (χ4v) is 3.24. The van der Waals surface area contributed by atoms with E-state index >= 15 is 0 Å². The number of aliphatic hydroxyl groups excluding tert-OH is 1. The van der Waals surface area contributed by atoms with Crippen molar-refractivity contribution in [2.75, 3.05) is 33.7 Å². The second-order valence-electron chi connectivity index (χ2n) is 7.08. The van der Waals surface area contributed by atoms with Gasteiger partial charge in [0.2, 0.25) is 0 Å². The van der Waals surface area contributed by atoms with E-state index < -0.39 is 0 Å². The number of unbranched alkanes of at least 4 members (excludes halogenated alkanes) is 1. The molecule has 5 nitrogen and oxygen atoms in total. The molecule has 1 aliphatic rings. The number of guanidine groups is 1. The number of rotatable bonds is 8. The van der Waals surface area contributed by atoms with Gasteiger partial charge in [0, 0.05) is 46.8 Å². The fraction of sp³-hybridized carbons (Fsp3) is 0.571. The minimum atomic E-state index is -0.107. The van der Waals surface area contributed by atoms with Crippen LogP contribution in [0.2, 0.25) is 0 Å². The topological polar surface area (TPSA) is 51.1 Å². The van der Waals surface area contributed by atoms with Crippen molar-refractivity contribution < 1.29 is 5.11 Å². The van der Waals surface area contributed by atoms with Gasteiger partial charge in [-0.25, -0.2) is 0 Å². The minimum absolute atomic E-state index is 0. The first-order valence-electron chi connectivity index (χ1n) is 9.63. The number of likely N-dealkylation sites (tertiary alicyclic amines) is 1. The van der Waals surface area contributed by atoms with Gasteiger partial charge >= 0.3 is 0 Å². The van der Waals surface area contributed by atoms with Gasteiger partial charge in [-0.2, -0.15) is 0 Å². The zero-order chi connectivity index (χ0) is 18.8. The van der Waals surface area contributed by atoms with Crippen molar-refractivity contribution in [1.29, 1.82) is 0 Å². The molecule has 27 heavy (non-hydrogen) atoms. The first kappa shape index (κ1) is 23.9. The number of aliphatic hydroxyl groups is 1. The van der Waals surface area contributed by atoms with Crippen LogP contribution < -0.4 is 5.32 Å². The summed E-state index contributed by atoms with van der Waals surface area (Å²) in [6, 6.07) is 8.79. The summed E-state index contributed by atoms with van der Waals surface area (Å²) >= 11 is 0. The molecular weight excluding hydrogens is 451 g/mol. The molecular formula is C21H35IN4O. The van der Waals surface area contributed by atoms with Crippen LogP contribution in [-0.4, -0.2) is 60.7 Å². The number of halogens is 1. The van der Waals surface area contributed by atoms with Gasteiger partial charge in [0.15, 0.2) is 5.96 Å². The van der Waals surface area contributed by atoms with Crippen LogP contribution in [0.15, 0.2) is 41.9 Å². The second-order valence-corrected chi connectivity index (χ2v) is 7.08. The van der Waals surface area contributed by atoms with E-state index in [-0.39, 0.29) is 30.1 Å². The molecule has 0 radical (unpaired) electrons. The summed E-state index contributed by atoms with van der Waals surface area (Å²) in [6.45, 7) is 8.44. The molecule has 1 aliphatic heterocycles. The summed E-state index contributed by atoms with van der Waals surface area (Å²) in [5.74, 6) is 0.921. The largest absolute Gasteiger partial charge is 0.393 e. The quantitative estimate of drug-likeness (QED) is 0.195. The Hall–Kier alpha value is -1.12. The Balaban J connectivity index is 0.00000364. The van der Waals surface area contributed by atoms with Crippen LogP contribution in [0.5, 0.6) is 0 Å². The first-order valence-corrected chi connectivity index (χ1v) is 9.63. The van der Waals surface area contributed by atoms with Gasteiger partial charge in [0.1, 0.15) is 0 Å². The van der Waals surface area contributed by atoms with Gasteiger partial charge < -0.3 is 15.3 Å². The number of benzene rings is 1. The number of aliphatic imine (C=N–C) groups is 1. The standard InChI is InChI=1S/C21H34N4O.HI/c1-4-5-6-13-24(3)21(22-2)23-16-18-7-9-19(10-8-18)17-25-14-11-20(26)12-15-25;/h4,7-10,20,26H,1,5-6,11-17H2,2-3H3,(H,22,23);1H. The molecule has 1 fully saturated rings. The molecule has 0 unspecified atom stereocenters. The Morgan fingerprint density at radius 3 is 2.52 bits per heavy atom. The van der Waals surface area contributed by atoms with Gasteiger partial charge in [-0.15, -0.1) is 30.6 Å². The molecule has 0 atom stereocenters. The van der Waals surface area contributed by atoms with Crippen LogP contribution in [0.3, 0.4) is 0 Å². The summed E-state index contributed by atoms with van der Waals surface area (Å²) in [6.07, 6.45) is 5.74. The van der Waals surface area contributed by atoms with E-state index in [9.17, 15) is 5.11 Å². The summed E-state index contributed by atoms with van der Waals surface area (Å²) in [4.78, 5) is 8.93. The van der Waals surface area contributed by atoms with Crippen LogP contribution in [0.25, 0.3) is 0 Å². The lowest BCUT2D eigenvalue weighted by Gasteiger charge is -2.29. The molecule has 2 N–H and O–H groups in total. The fourth-order valence-electron chi connectivity index (χ4n) is 3.24. The van der Waals surface area contributed by atoms with Crippen molar-refractivity contribution in [3.8, 4) is 0 Å². The lowest BCUT2D eigenvalue weighted by molar-refractivity contribution is 0.0792. The molecule has 1 aromatic rings. The van der Waals surface area contributed by atoms with Crippen molar-refractivity contribution in [1.82, 2.24) is 15.1 Å². The monoisotopic (exact) mass is 486 g/mol. The van der Waals surface area contributed by atoms with Crippen LogP contribution in [-0.2, 0) is 13.1 Å². The van der Waals surface area contributed by atoms with E-state index in [4.69, 9.17) is 0 Å². The van der Waals surface area contributed by atoms with E-state index in [1.165, 1.54) is 11.1 Å². The maximum absolute atomic E-state index is 9.60. The maximum Gasteiger partial charge on any atom is 0.193 e. The Labute approximate surface area is 181 Å². The predicted molar refractivity (Wildman–Crippen MR) is 125 cm³/mol. The second kappa shape index (κ2) is 13.1. The van der Waals surface area contributed by atoms with Gasteiger partial charge in [-0.1, -0.05) is 30.3 Å². The number of nitrogens with zero attached hydrogens (tertiary/aromatic N) is 3. The molecule has 6 heteroatoms. The smallest absolute Gasteiger partial charge is 0.193 e. The lowest BCUT2D eigenvalue weighted by atomic mass is 10.1. The molecule has 2 rings (SSSR count). The van der Waals surface area contributed by atoms with E-state index in [1.807, 2.05) is 13.1 Å². The number of allylic oxidation sites excluding steroid dienone is 1. The Kier molecular flexibility index (Phi) is 11.6. The van der Waals surface area contributed by atoms with Crippen molar-refractivity contribution in [2.24, 2.45) is 4.99 Å². The minimum Gasteiger partial charge on any atom is -0.393 e. The van der Waals surface area contributed by atoms with Crippen molar-refractivity contribution in [3.05, 3.63) is 48.0 Å². The number of nitrogens with one attached hydrogen (secondary N) is 1. The summed E-state index contributed by atoms with van der Waals surface area (Å²) in [7, 11) is 3.89. The molecule has 0 bridgehead atoms. The third-order valence-corrected chi connectivity index (χ3v) is 4.91. The maximum atomic E-state index is 9.60. The number of hydrogen-bond donors (Lipinski definition) is 2. The number of hydrogen-bond acceptors (Lipinski definition) is 3. The van der Waals surface area contributed by atoms with Gasteiger partial charge in [0.25, 0.3) is 0 Å². The Bertz CT molecular complexity index is 568. The molecule has 0 aliphatic carbocycles. The highest BCUT2D eigenvalue weighted by Crippen LogP contribution is 2.14. The molecule has 1 heterocycles. The van der Waals surface area contributed by atoms with Gasteiger partial charge in [-0.05, 0) is 36.8 Å². The Morgan fingerprint density at radius 2 is 1.93 bits per heavy atom. The van der Waals surface area contributed by atoms with Crippen molar-refractivity contribution in [2.45, 2.75) is 44.9 Å². The molecule has 0 amide bonds. The molecule has 1 saturated heterocycles. The summed E-state index contributed by atoms with van der Waals surface area (Å²) in [5.41, 5.74) is 2.58. The van der Waals surface area contributed by atoms with Crippen molar-refractivity contribution in [3.63, 3.8) is 0 Å². The average molecular weight is 486 g/mol. The lowest BCUT2D eigenvalue weighted by Crippen LogP contribution is -2.39. The van der Waals surface area contributed by atoms with E-state index in [1.54, 1.807) is 0 Å². The molecule has 152 valence electrons. The molecule has 0 aromatic heterocycles. The van der Waals surface area contributed by atoms with Crippen LogP contribution in [0.1, 0.15) is 36.8 Å². The first-order chi connectivity index (χ1) is 12.6. The van der Waals surface area contributed by atoms with Gasteiger partial charge in [-0.3, -0.25) is 9.89 Å². The SMILES string of the molecule is C=CCCCN(C)C(=NC)NCc1ccc(CN2CCC(O)CC2)cc1.I. The third-order valence-electron chi connectivity index (χ3n) is 4.91. The number of piperidine rings is 1. The molecule has 0 spiro atoms. The summed E-state index contributed by atoms with van der Waals surface area (Å²) < 4.78 is 0. The molecule has 0 saturated carbocycles. The predicted octanol–water partition coefficient (Wildman–Crippen LogP) is 3.23. The van der Waals surface area contributed by atoms with E-state index in [0.717, 1.165) is 64.4 Å². The Morgan fingerprint density at radius 1 is 1.30 bits per heavy atom. The van der Waals surface area contributed by atoms with Crippen LogP contribution in [0.4, 0.5) is 0 Å². The highest BCUT2D eigenvalue weighted by Gasteiger charge is 2.16. The van der Waals surface area contributed by atoms with E-state index in [0.29, 0.717) is 0 Å². The third kappa shape index (κ3) is 8.62.